The lowest BCUT2D eigenvalue weighted by Gasteiger charge is -2.31. The first-order valence-electron chi connectivity index (χ1n) is 8.80. The molecule has 1 aliphatic heterocycles. The number of nitrogens with zero attached hydrogens (tertiary/aromatic N) is 2. The van der Waals surface area contributed by atoms with Crippen molar-refractivity contribution in [2.75, 3.05) is 26.0 Å². The van der Waals surface area contributed by atoms with Gasteiger partial charge in [0.15, 0.2) is 0 Å². The molecule has 1 aromatic carbocycles. The zero-order chi connectivity index (χ0) is 18.6. The Morgan fingerprint density at radius 2 is 1.96 bits per heavy atom. The van der Waals surface area contributed by atoms with Gasteiger partial charge in [-0.05, 0) is 44.0 Å². The van der Waals surface area contributed by atoms with Crippen LogP contribution in [-0.4, -0.2) is 50.3 Å². The number of ether oxygens (including phenoxy) is 1. The van der Waals surface area contributed by atoms with Gasteiger partial charge in [-0.15, -0.1) is 11.3 Å². The highest BCUT2D eigenvalue weighted by Crippen LogP contribution is 2.26. The molecule has 0 unspecified atom stereocenters. The van der Waals surface area contributed by atoms with Gasteiger partial charge < -0.3 is 4.74 Å². The minimum atomic E-state index is -3.12. The van der Waals surface area contributed by atoms with Gasteiger partial charge in [0.2, 0.25) is 10.0 Å². The monoisotopic (exact) mass is 395 g/mol. The minimum Gasteiger partial charge on any atom is -0.494 e. The molecule has 2 aromatic rings. The molecule has 1 saturated heterocycles. The molecular weight excluding hydrogens is 370 g/mol. The van der Waals surface area contributed by atoms with Gasteiger partial charge in [0.05, 0.1) is 18.6 Å². The van der Waals surface area contributed by atoms with Crippen LogP contribution in [0.1, 0.15) is 25.5 Å². The molecule has 8 heteroatoms. The number of likely N-dealkylation sites (tertiary alicyclic amines) is 1. The number of thiazole rings is 1. The second-order valence-electron chi connectivity index (χ2n) is 6.54. The van der Waals surface area contributed by atoms with Gasteiger partial charge in [0, 0.05) is 36.6 Å². The van der Waals surface area contributed by atoms with E-state index in [0.717, 1.165) is 54.5 Å². The molecule has 0 radical (unpaired) electrons. The lowest BCUT2D eigenvalue weighted by molar-refractivity contribution is 0.198. The summed E-state index contributed by atoms with van der Waals surface area (Å²) < 4.78 is 30.8. The maximum atomic E-state index is 11.3. The SMILES string of the molecule is CCOc1ccc(-c2nc(CN3CCC(NS(C)(=O)=O)CC3)cs2)cc1. The normalized spacial score (nSPS) is 16.7. The zero-order valence-corrected chi connectivity index (χ0v) is 16.8. The third kappa shape index (κ3) is 5.51. The molecule has 6 nitrogen and oxygen atoms in total. The molecule has 0 bridgehead atoms. The molecular formula is C18H25N3O3S2. The Labute approximate surface area is 159 Å². The van der Waals surface area contributed by atoms with Crippen molar-refractivity contribution < 1.29 is 13.2 Å². The highest BCUT2D eigenvalue weighted by molar-refractivity contribution is 7.88. The molecule has 3 rings (SSSR count). The topological polar surface area (TPSA) is 71.5 Å². The summed E-state index contributed by atoms with van der Waals surface area (Å²) in [7, 11) is -3.12. The number of piperidine rings is 1. The quantitative estimate of drug-likeness (QED) is 0.780. The van der Waals surface area contributed by atoms with Crippen LogP contribution in [0.4, 0.5) is 0 Å². The van der Waals surface area contributed by atoms with Crippen LogP contribution in [0.3, 0.4) is 0 Å². The van der Waals surface area contributed by atoms with Gasteiger partial charge >= 0.3 is 0 Å². The van der Waals surface area contributed by atoms with E-state index in [0.29, 0.717) is 6.61 Å². The lowest BCUT2D eigenvalue weighted by Crippen LogP contribution is -2.43. The smallest absolute Gasteiger partial charge is 0.208 e. The van der Waals surface area contributed by atoms with E-state index >= 15 is 0 Å². The standard InChI is InChI=1S/C18H25N3O3S2/c1-3-24-17-6-4-14(5-7-17)18-19-16(13-25-18)12-21-10-8-15(9-11-21)20-26(2,22)23/h4-7,13,15,20H,3,8-12H2,1-2H3. The number of rotatable bonds is 7. The summed E-state index contributed by atoms with van der Waals surface area (Å²) >= 11 is 1.65. The average Bonchev–Trinajstić information content (AvgIpc) is 3.05. The van der Waals surface area contributed by atoms with Crippen LogP contribution in [0.25, 0.3) is 10.6 Å². The summed E-state index contributed by atoms with van der Waals surface area (Å²) in [6.45, 7) is 5.20. The van der Waals surface area contributed by atoms with Crippen LogP contribution in [0, 0.1) is 0 Å². The van der Waals surface area contributed by atoms with E-state index in [1.54, 1.807) is 11.3 Å². The van der Waals surface area contributed by atoms with Gasteiger partial charge in [0.25, 0.3) is 0 Å². The highest BCUT2D eigenvalue weighted by atomic mass is 32.2. The van der Waals surface area contributed by atoms with E-state index in [4.69, 9.17) is 9.72 Å². The van der Waals surface area contributed by atoms with Crippen molar-refractivity contribution in [2.45, 2.75) is 32.4 Å². The predicted octanol–water partition coefficient (Wildman–Crippen LogP) is 2.72. The van der Waals surface area contributed by atoms with Crippen LogP contribution >= 0.6 is 11.3 Å². The third-order valence-electron chi connectivity index (χ3n) is 4.32. The number of sulfonamides is 1. The van der Waals surface area contributed by atoms with Crippen molar-refractivity contribution in [1.82, 2.24) is 14.6 Å². The second kappa shape index (κ2) is 8.47. The van der Waals surface area contributed by atoms with E-state index in [1.807, 2.05) is 31.2 Å². The maximum absolute atomic E-state index is 11.3. The van der Waals surface area contributed by atoms with Crippen LogP contribution in [-0.2, 0) is 16.6 Å². The van der Waals surface area contributed by atoms with Crippen molar-refractivity contribution in [3.63, 3.8) is 0 Å². The number of hydrogen-bond acceptors (Lipinski definition) is 6. The van der Waals surface area contributed by atoms with E-state index < -0.39 is 10.0 Å². The van der Waals surface area contributed by atoms with Gasteiger partial charge in [0.1, 0.15) is 10.8 Å². The molecule has 2 heterocycles. The Morgan fingerprint density at radius 1 is 1.27 bits per heavy atom. The van der Waals surface area contributed by atoms with Crippen molar-refractivity contribution in [1.29, 1.82) is 0 Å². The number of hydrogen-bond donors (Lipinski definition) is 1. The molecule has 0 saturated carbocycles. The first kappa shape index (κ1) is 19.3. The van der Waals surface area contributed by atoms with Crippen molar-refractivity contribution in [2.24, 2.45) is 0 Å². The highest BCUT2D eigenvalue weighted by Gasteiger charge is 2.22. The Kier molecular flexibility index (Phi) is 6.29. The van der Waals surface area contributed by atoms with E-state index in [2.05, 4.69) is 15.0 Å². The van der Waals surface area contributed by atoms with E-state index in [1.165, 1.54) is 6.26 Å². The molecule has 1 N–H and O–H groups in total. The van der Waals surface area contributed by atoms with Crippen molar-refractivity contribution in [3.8, 4) is 16.3 Å². The van der Waals surface area contributed by atoms with E-state index in [9.17, 15) is 8.42 Å². The van der Waals surface area contributed by atoms with Gasteiger partial charge in [-0.3, -0.25) is 4.90 Å². The van der Waals surface area contributed by atoms with Crippen LogP contribution in [0.2, 0.25) is 0 Å². The Balaban J connectivity index is 1.54. The summed E-state index contributed by atoms with van der Waals surface area (Å²) in [6, 6.07) is 8.07. The second-order valence-corrected chi connectivity index (χ2v) is 9.18. The largest absolute Gasteiger partial charge is 0.494 e. The fourth-order valence-corrected chi connectivity index (χ4v) is 4.77. The molecule has 0 aliphatic carbocycles. The molecule has 0 amide bonds. The first-order chi connectivity index (χ1) is 12.4. The fourth-order valence-electron chi connectivity index (χ4n) is 3.11. The Bertz CT molecular complexity index is 810. The van der Waals surface area contributed by atoms with Gasteiger partial charge in [-0.2, -0.15) is 0 Å². The molecule has 142 valence electrons. The number of nitrogens with one attached hydrogen (secondary N) is 1. The summed E-state index contributed by atoms with van der Waals surface area (Å²) in [5, 5.41) is 3.11. The van der Waals surface area contributed by atoms with Crippen molar-refractivity contribution in [3.05, 3.63) is 35.3 Å². The van der Waals surface area contributed by atoms with E-state index in [-0.39, 0.29) is 6.04 Å². The first-order valence-corrected chi connectivity index (χ1v) is 11.6. The van der Waals surface area contributed by atoms with Crippen LogP contribution in [0.5, 0.6) is 5.75 Å². The molecule has 1 aliphatic rings. The maximum Gasteiger partial charge on any atom is 0.208 e. The molecule has 26 heavy (non-hydrogen) atoms. The number of aromatic nitrogens is 1. The van der Waals surface area contributed by atoms with Crippen molar-refractivity contribution >= 4 is 21.4 Å². The Hall–Kier alpha value is -1.48. The predicted molar refractivity (Wildman–Crippen MR) is 105 cm³/mol. The van der Waals surface area contributed by atoms with Crippen LogP contribution < -0.4 is 9.46 Å². The summed E-state index contributed by atoms with van der Waals surface area (Å²) in [6.07, 6.45) is 2.89. The van der Waals surface area contributed by atoms with Crippen LogP contribution in [0.15, 0.2) is 29.6 Å². The molecule has 0 atom stereocenters. The summed E-state index contributed by atoms with van der Waals surface area (Å²) in [5.74, 6) is 0.874. The molecule has 1 aromatic heterocycles. The number of benzene rings is 1. The zero-order valence-electron chi connectivity index (χ0n) is 15.1. The average molecular weight is 396 g/mol. The molecule has 1 fully saturated rings. The lowest BCUT2D eigenvalue weighted by atomic mass is 10.1. The van der Waals surface area contributed by atoms with Gasteiger partial charge in [-0.25, -0.2) is 18.1 Å². The third-order valence-corrected chi connectivity index (χ3v) is 6.02. The van der Waals surface area contributed by atoms with Gasteiger partial charge in [-0.1, -0.05) is 0 Å². The summed E-state index contributed by atoms with van der Waals surface area (Å²) in [5.41, 5.74) is 2.16. The minimum absolute atomic E-state index is 0.0519. The molecule has 0 spiro atoms. The summed E-state index contributed by atoms with van der Waals surface area (Å²) in [4.78, 5) is 7.08. The fraction of sp³-hybridized carbons (Fsp3) is 0.500. The Morgan fingerprint density at radius 3 is 2.58 bits per heavy atom.